The highest BCUT2D eigenvalue weighted by atomic mass is 35.5. The van der Waals surface area contributed by atoms with Crippen LogP contribution in [0.2, 0.25) is 5.02 Å². The molecule has 0 aliphatic heterocycles. The molecule has 0 fully saturated rings. The van der Waals surface area contributed by atoms with Gasteiger partial charge in [-0.3, -0.25) is 4.79 Å². The molecule has 0 aromatic heterocycles. The van der Waals surface area contributed by atoms with Crippen molar-refractivity contribution < 1.29 is 23.5 Å². The summed E-state index contributed by atoms with van der Waals surface area (Å²) in [6.07, 6.45) is 2.52. The van der Waals surface area contributed by atoms with Gasteiger partial charge < -0.3 is 14.8 Å². The number of ether oxygens (including phenoxy) is 2. The molecule has 0 radical (unpaired) electrons. The van der Waals surface area contributed by atoms with Crippen LogP contribution >= 0.6 is 11.6 Å². The van der Waals surface area contributed by atoms with Crippen molar-refractivity contribution in [3.8, 4) is 5.75 Å². The zero-order valence-corrected chi connectivity index (χ0v) is 15.0. The highest BCUT2D eigenvalue weighted by molar-refractivity contribution is 6.31. The SMILES string of the molecule is COc1cc(Cl)c(C)cc1NC(=O)COC(=O)/C=C/c1cccc(F)c1. The first-order valence-corrected chi connectivity index (χ1v) is 8.01. The Bertz CT molecular complexity index is 851. The zero-order chi connectivity index (χ0) is 19.1. The lowest BCUT2D eigenvalue weighted by Crippen LogP contribution is -2.20. The number of carbonyl (C=O) groups is 2. The van der Waals surface area contributed by atoms with Gasteiger partial charge in [0, 0.05) is 17.2 Å². The quantitative estimate of drug-likeness (QED) is 0.610. The highest BCUT2D eigenvalue weighted by Gasteiger charge is 2.11. The summed E-state index contributed by atoms with van der Waals surface area (Å²) in [7, 11) is 1.45. The number of amides is 1. The number of aryl methyl sites for hydroxylation is 1. The fourth-order valence-electron chi connectivity index (χ4n) is 2.08. The largest absolute Gasteiger partial charge is 0.495 e. The number of benzene rings is 2. The van der Waals surface area contributed by atoms with E-state index in [9.17, 15) is 14.0 Å². The summed E-state index contributed by atoms with van der Waals surface area (Å²) in [6, 6.07) is 8.97. The molecule has 2 aromatic carbocycles. The zero-order valence-electron chi connectivity index (χ0n) is 14.2. The number of halogens is 2. The van der Waals surface area contributed by atoms with Gasteiger partial charge in [-0.15, -0.1) is 0 Å². The van der Waals surface area contributed by atoms with Gasteiger partial charge in [-0.25, -0.2) is 9.18 Å². The third-order valence-electron chi connectivity index (χ3n) is 3.36. The molecule has 26 heavy (non-hydrogen) atoms. The van der Waals surface area contributed by atoms with E-state index >= 15 is 0 Å². The first-order chi connectivity index (χ1) is 12.4. The Morgan fingerprint density at radius 1 is 1.27 bits per heavy atom. The van der Waals surface area contributed by atoms with Crippen molar-refractivity contribution in [2.75, 3.05) is 19.0 Å². The molecule has 0 unspecified atom stereocenters. The van der Waals surface area contributed by atoms with Crippen LogP contribution < -0.4 is 10.1 Å². The summed E-state index contributed by atoms with van der Waals surface area (Å²) in [5, 5.41) is 3.10. The molecule has 0 aliphatic rings. The number of nitrogens with one attached hydrogen (secondary N) is 1. The molecule has 5 nitrogen and oxygen atoms in total. The molecule has 0 saturated heterocycles. The molecule has 0 heterocycles. The smallest absolute Gasteiger partial charge is 0.331 e. The van der Waals surface area contributed by atoms with Crippen LogP contribution in [0.1, 0.15) is 11.1 Å². The number of hydrogen-bond acceptors (Lipinski definition) is 4. The van der Waals surface area contributed by atoms with E-state index in [-0.39, 0.29) is 0 Å². The van der Waals surface area contributed by atoms with Crippen molar-refractivity contribution in [3.05, 3.63) is 64.4 Å². The summed E-state index contributed by atoms with van der Waals surface area (Å²) >= 11 is 6.01. The number of anilines is 1. The minimum absolute atomic E-state index is 0.395. The topological polar surface area (TPSA) is 64.6 Å². The Hall–Kier alpha value is -2.86. The summed E-state index contributed by atoms with van der Waals surface area (Å²) in [4.78, 5) is 23.6. The van der Waals surface area contributed by atoms with Gasteiger partial charge in [-0.05, 0) is 42.3 Å². The highest BCUT2D eigenvalue weighted by Crippen LogP contribution is 2.30. The fraction of sp³-hybridized carbons (Fsp3) is 0.158. The summed E-state index contributed by atoms with van der Waals surface area (Å²) in [5.74, 6) is -1.26. The number of hydrogen-bond donors (Lipinski definition) is 1. The van der Waals surface area contributed by atoms with Gasteiger partial charge in [-0.2, -0.15) is 0 Å². The molecular formula is C19H17ClFNO4. The maximum absolute atomic E-state index is 13.0. The van der Waals surface area contributed by atoms with Gasteiger partial charge in [0.2, 0.25) is 0 Å². The van der Waals surface area contributed by atoms with E-state index in [0.29, 0.717) is 22.0 Å². The van der Waals surface area contributed by atoms with E-state index in [1.807, 2.05) is 0 Å². The van der Waals surface area contributed by atoms with Crippen LogP contribution in [0.15, 0.2) is 42.5 Å². The molecule has 2 aromatic rings. The van der Waals surface area contributed by atoms with Crippen molar-refractivity contribution in [2.45, 2.75) is 6.92 Å². The average molecular weight is 378 g/mol. The second-order valence-corrected chi connectivity index (χ2v) is 5.75. The normalized spacial score (nSPS) is 10.6. The van der Waals surface area contributed by atoms with E-state index in [4.69, 9.17) is 21.1 Å². The van der Waals surface area contributed by atoms with Gasteiger partial charge in [0.25, 0.3) is 5.91 Å². The Balaban J connectivity index is 1.90. The minimum atomic E-state index is -0.719. The maximum atomic E-state index is 13.0. The maximum Gasteiger partial charge on any atom is 0.331 e. The van der Waals surface area contributed by atoms with E-state index in [0.717, 1.165) is 11.6 Å². The monoisotopic (exact) mass is 377 g/mol. The molecule has 0 aliphatic carbocycles. The molecule has 0 saturated carbocycles. The summed E-state index contributed by atoms with van der Waals surface area (Å²) in [6.45, 7) is 1.31. The Morgan fingerprint density at radius 3 is 2.73 bits per heavy atom. The van der Waals surface area contributed by atoms with E-state index in [1.165, 1.54) is 31.4 Å². The third-order valence-corrected chi connectivity index (χ3v) is 3.77. The molecule has 7 heteroatoms. The Kier molecular flexibility index (Phi) is 6.74. The van der Waals surface area contributed by atoms with Crippen molar-refractivity contribution in [1.82, 2.24) is 0 Å². The lowest BCUT2D eigenvalue weighted by atomic mass is 10.2. The number of methoxy groups -OCH3 is 1. The predicted molar refractivity (Wildman–Crippen MR) is 97.8 cm³/mol. The fourth-order valence-corrected chi connectivity index (χ4v) is 2.23. The number of rotatable bonds is 6. The molecule has 0 spiro atoms. The predicted octanol–water partition coefficient (Wildman–Crippen LogP) is 3.99. The second-order valence-electron chi connectivity index (χ2n) is 5.35. The van der Waals surface area contributed by atoms with Crippen molar-refractivity contribution >= 4 is 35.2 Å². The molecule has 136 valence electrons. The molecule has 1 amide bonds. The molecule has 2 rings (SSSR count). The van der Waals surface area contributed by atoms with E-state index in [1.54, 1.807) is 25.1 Å². The van der Waals surface area contributed by atoms with Crippen LogP contribution in [0.25, 0.3) is 6.08 Å². The third kappa shape index (κ3) is 5.60. The van der Waals surface area contributed by atoms with Crippen molar-refractivity contribution in [2.24, 2.45) is 0 Å². The van der Waals surface area contributed by atoms with Crippen molar-refractivity contribution in [1.29, 1.82) is 0 Å². The van der Waals surface area contributed by atoms with Crippen LogP contribution in [-0.4, -0.2) is 25.6 Å². The molecule has 0 atom stereocenters. The first kappa shape index (κ1) is 19.5. The van der Waals surface area contributed by atoms with Crippen LogP contribution in [0.3, 0.4) is 0 Å². The van der Waals surface area contributed by atoms with Crippen LogP contribution in [0.4, 0.5) is 10.1 Å². The van der Waals surface area contributed by atoms with Crippen LogP contribution in [0.5, 0.6) is 5.75 Å². The first-order valence-electron chi connectivity index (χ1n) is 7.63. The van der Waals surface area contributed by atoms with E-state index < -0.39 is 24.3 Å². The lowest BCUT2D eigenvalue weighted by molar-refractivity contribution is -0.142. The Labute approximate surface area is 155 Å². The molecular weight excluding hydrogens is 361 g/mol. The van der Waals surface area contributed by atoms with E-state index in [2.05, 4.69) is 5.32 Å². The van der Waals surface area contributed by atoms with Gasteiger partial charge >= 0.3 is 5.97 Å². The lowest BCUT2D eigenvalue weighted by Gasteiger charge is -2.12. The van der Waals surface area contributed by atoms with Gasteiger partial charge in [0.05, 0.1) is 12.8 Å². The van der Waals surface area contributed by atoms with Gasteiger partial charge in [-0.1, -0.05) is 23.7 Å². The van der Waals surface area contributed by atoms with Crippen LogP contribution in [0, 0.1) is 12.7 Å². The van der Waals surface area contributed by atoms with Crippen molar-refractivity contribution in [3.63, 3.8) is 0 Å². The average Bonchev–Trinajstić information content (AvgIpc) is 2.61. The summed E-state index contributed by atoms with van der Waals surface area (Å²) in [5.41, 5.74) is 1.69. The Morgan fingerprint density at radius 2 is 2.04 bits per heavy atom. The number of esters is 1. The second kappa shape index (κ2) is 9.01. The standard InChI is InChI=1S/C19H17ClFNO4/c1-12-8-16(17(25-2)10-15(12)20)22-18(23)11-26-19(24)7-6-13-4-3-5-14(21)9-13/h3-10H,11H2,1-2H3,(H,22,23)/b7-6+. The van der Waals surface area contributed by atoms with Gasteiger partial charge in [0.1, 0.15) is 11.6 Å². The van der Waals surface area contributed by atoms with Crippen LogP contribution in [-0.2, 0) is 14.3 Å². The minimum Gasteiger partial charge on any atom is -0.495 e. The molecule has 0 bridgehead atoms. The molecule has 1 N–H and O–H groups in total. The number of carbonyl (C=O) groups excluding carboxylic acids is 2. The van der Waals surface area contributed by atoms with Gasteiger partial charge in [0.15, 0.2) is 6.61 Å². The summed E-state index contributed by atoms with van der Waals surface area (Å²) < 4.78 is 23.1.